The minimum absolute atomic E-state index is 0.0456. The third-order valence-electron chi connectivity index (χ3n) is 10.4. The number of hydrogen-bond acceptors (Lipinski definition) is 4. The molecule has 0 bridgehead atoms. The van der Waals surface area contributed by atoms with Crippen LogP contribution >= 0.6 is 0 Å². The van der Waals surface area contributed by atoms with E-state index in [-0.39, 0.29) is 5.97 Å². The Balaban J connectivity index is 0.00000141. The molecule has 4 saturated carbocycles. The Morgan fingerprint density at radius 1 is 0.969 bits per heavy atom. The number of nitrogens with two attached hydrogens (primary N) is 1. The van der Waals surface area contributed by atoms with E-state index < -0.39 is 0 Å². The molecule has 8 unspecified atom stereocenters. The first kappa shape index (κ1) is 26.0. The van der Waals surface area contributed by atoms with E-state index >= 15 is 0 Å². The lowest BCUT2D eigenvalue weighted by atomic mass is 9.44. The number of fused-ring (bicyclic) bond motifs is 5. The van der Waals surface area contributed by atoms with Gasteiger partial charge in [-0.2, -0.15) is 0 Å². The van der Waals surface area contributed by atoms with E-state index in [9.17, 15) is 4.79 Å². The Hall–Kier alpha value is -0.610. The van der Waals surface area contributed by atoms with E-state index in [0.717, 1.165) is 42.6 Å². The summed E-state index contributed by atoms with van der Waals surface area (Å²) in [6.07, 6.45) is 15.5. The maximum atomic E-state index is 11.5. The molecular weight excluding hydrogens is 398 g/mol. The van der Waals surface area contributed by atoms with Crippen molar-refractivity contribution in [1.29, 1.82) is 0 Å². The Morgan fingerprint density at radius 2 is 1.69 bits per heavy atom. The Labute approximate surface area is 197 Å². The molecule has 4 rings (SSSR count). The normalized spacial score (nSPS) is 42.7. The van der Waals surface area contributed by atoms with Gasteiger partial charge in [-0.3, -0.25) is 4.79 Å². The largest absolute Gasteiger partial charge is 0.469 e. The van der Waals surface area contributed by atoms with Gasteiger partial charge in [0.1, 0.15) is 0 Å². The number of esters is 1. The lowest BCUT2D eigenvalue weighted by Crippen LogP contribution is -2.54. The molecule has 4 aliphatic rings. The van der Waals surface area contributed by atoms with Crippen LogP contribution in [-0.2, 0) is 14.3 Å². The average molecular weight is 450 g/mol. The molecule has 0 aromatic rings. The Bertz CT molecular complexity index is 609. The smallest absolute Gasteiger partial charge is 0.305 e. The predicted octanol–water partition coefficient (Wildman–Crippen LogP) is 6.36. The van der Waals surface area contributed by atoms with Crippen molar-refractivity contribution in [1.82, 2.24) is 0 Å². The zero-order valence-electron chi connectivity index (χ0n) is 21.7. The van der Waals surface area contributed by atoms with Gasteiger partial charge in [-0.1, -0.05) is 27.7 Å². The van der Waals surface area contributed by atoms with Gasteiger partial charge in [-0.15, -0.1) is 0 Å². The minimum atomic E-state index is -0.0456. The highest BCUT2D eigenvalue weighted by Gasteiger charge is 2.59. The number of carbonyl (C=O) groups is 1. The average Bonchev–Trinajstić information content (AvgIpc) is 3.15. The zero-order valence-corrected chi connectivity index (χ0v) is 21.7. The second kappa shape index (κ2) is 11.2. The van der Waals surface area contributed by atoms with Crippen molar-refractivity contribution >= 4 is 5.97 Å². The fourth-order valence-corrected chi connectivity index (χ4v) is 8.78. The van der Waals surface area contributed by atoms with Crippen molar-refractivity contribution in [2.45, 2.75) is 111 Å². The molecule has 0 spiro atoms. The molecule has 0 amide bonds. The lowest BCUT2D eigenvalue weighted by molar-refractivity contribution is -0.141. The molecule has 0 radical (unpaired) electrons. The maximum absolute atomic E-state index is 11.5. The molecule has 8 atom stereocenters. The van der Waals surface area contributed by atoms with Crippen molar-refractivity contribution < 1.29 is 14.3 Å². The minimum Gasteiger partial charge on any atom is -0.469 e. The first-order valence-corrected chi connectivity index (χ1v) is 13.8. The van der Waals surface area contributed by atoms with Crippen LogP contribution in [0.4, 0.5) is 0 Å². The van der Waals surface area contributed by atoms with Gasteiger partial charge in [0.15, 0.2) is 0 Å². The van der Waals surface area contributed by atoms with Crippen molar-refractivity contribution in [3.8, 4) is 0 Å². The van der Waals surface area contributed by atoms with Gasteiger partial charge >= 0.3 is 5.97 Å². The van der Waals surface area contributed by atoms with Crippen LogP contribution in [0.15, 0.2) is 0 Å². The van der Waals surface area contributed by atoms with Gasteiger partial charge in [-0.25, -0.2) is 0 Å². The van der Waals surface area contributed by atoms with E-state index in [1.165, 1.54) is 71.3 Å². The summed E-state index contributed by atoms with van der Waals surface area (Å²) < 4.78 is 10.9. The summed E-state index contributed by atoms with van der Waals surface area (Å²) in [6, 6.07) is 0. The number of ether oxygens (including phenoxy) is 2. The van der Waals surface area contributed by atoms with Gasteiger partial charge in [0.2, 0.25) is 0 Å². The highest BCUT2D eigenvalue weighted by molar-refractivity contribution is 5.68. The van der Waals surface area contributed by atoms with Gasteiger partial charge in [0.05, 0.1) is 19.8 Å². The highest BCUT2D eigenvalue weighted by atomic mass is 16.5. The standard InChI is InChI=1S/C26H45NO3.C2H6/c1-25-14-12-23-21(22(25)10-8-18(25)5-4-6-24(28)29-3)9-7-19-17-20(30-16-15-27)11-13-26(19,23)2;1-2/h18-23H,4-17,27H2,1-3H3;1-2H3. The molecule has 0 aromatic carbocycles. The van der Waals surface area contributed by atoms with Gasteiger partial charge in [0, 0.05) is 13.0 Å². The number of hydrogen-bond donors (Lipinski definition) is 1. The van der Waals surface area contributed by atoms with Gasteiger partial charge < -0.3 is 15.2 Å². The van der Waals surface area contributed by atoms with E-state index in [4.69, 9.17) is 15.2 Å². The quantitative estimate of drug-likeness (QED) is 0.459. The molecule has 32 heavy (non-hydrogen) atoms. The van der Waals surface area contributed by atoms with Crippen LogP contribution in [0.3, 0.4) is 0 Å². The van der Waals surface area contributed by atoms with Crippen LogP contribution in [-0.4, -0.2) is 32.3 Å². The summed E-state index contributed by atoms with van der Waals surface area (Å²) in [7, 11) is 1.51. The molecule has 0 aromatic heterocycles. The summed E-state index contributed by atoms with van der Waals surface area (Å²) in [5.41, 5.74) is 6.69. The summed E-state index contributed by atoms with van der Waals surface area (Å²) in [5, 5.41) is 0. The summed E-state index contributed by atoms with van der Waals surface area (Å²) in [5.74, 6) is 4.35. The van der Waals surface area contributed by atoms with Crippen LogP contribution in [0, 0.1) is 40.4 Å². The molecule has 0 heterocycles. The SMILES string of the molecule is CC.COC(=O)CCCC1CCC2C3CCC4CC(OCCN)CCC4(C)C3CCC12C. The molecule has 4 heteroatoms. The first-order chi connectivity index (χ1) is 15.4. The molecule has 0 aliphatic heterocycles. The van der Waals surface area contributed by atoms with Gasteiger partial charge in [-0.05, 0) is 111 Å². The van der Waals surface area contributed by atoms with E-state index in [0.29, 0.717) is 29.9 Å². The van der Waals surface area contributed by atoms with Crippen LogP contribution < -0.4 is 5.73 Å². The van der Waals surface area contributed by atoms with E-state index in [2.05, 4.69) is 13.8 Å². The monoisotopic (exact) mass is 449 g/mol. The van der Waals surface area contributed by atoms with Crippen molar-refractivity contribution in [2.24, 2.45) is 46.2 Å². The number of rotatable bonds is 7. The Kier molecular flexibility index (Phi) is 9.11. The summed E-state index contributed by atoms with van der Waals surface area (Å²) in [6.45, 7) is 10.6. The molecule has 4 aliphatic carbocycles. The summed E-state index contributed by atoms with van der Waals surface area (Å²) in [4.78, 5) is 11.5. The van der Waals surface area contributed by atoms with Crippen molar-refractivity contribution in [2.75, 3.05) is 20.3 Å². The van der Waals surface area contributed by atoms with Crippen LogP contribution in [0.5, 0.6) is 0 Å². The third kappa shape index (κ3) is 4.92. The molecular formula is C28H51NO3. The van der Waals surface area contributed by atoms with Crippen LogP contribution in [0.1, 0.15) is 105 Å². The molecule has 4 nitrogen and oxygen atoms in total. The topological polar surface area (TPSA) is 61.5 Å². The Morgan fingerprint density at radius 3 is 2.41 bits per heavy atom. The van der Waals surface area contributed by atoms with Gasteiger partial charge in [0.25, 0.3) is 0 Å². The zero-order chi connectivity index (χ0) is 23.4. The first-order valence-electron chi connectivity index (χ1n) is 13.8. The predicted molar refractivity (Wildman–Crippen MR) is 131 cm³/mol. The lowest BCUT2D eigenvalue weighted by Gasteiger charge is -2.61. The van der Waals surface area contributed by atoms with Crippen molar-refractivity contribution in [3.63, 3.8) is 0 Å². The molecule has 4 fully saturated rings. The van der Waals surface area contributed by atoms with E-state index in [1.807, 2.05) is 13.8 Å². The van der Waals surface area contributed by atoms with Crippen molar-refractivity contribution in [3.05, 3.63) is 0 Å². The van der Waals surface area contributed by atoms with Crippen LogP contribution in [0.25, 0.3) is 0 Å². The second-order valence-corrected chi connectivity index (χ2v) is 11.5. The van der Waals surface area contributed by atoms with E-state index in [1.54, 1.807) is 0 Å². The molecule has 2 N–H and O–H groups in total. The molecule has 186 valence electrons. The fraction of sp³-hybridized carbons (Fsp3) is 0.964. The number of methoxy groups -OCH3 is 1. The molecule has 0 saturated heterocycles. The summed E-state index contributed by atoms with van der Waals surface area (Å²) >= 11 is 0. The fourth-order valence-electron chi connectivity index (χ4n) is 8.78. The van der Waals surface area contributed by atoms with Crippen LogP contribution in [0.2, 0.25) is 0 Å². The maximum Gasteiger partial charge on any atom is 0.305 e. The third-order valence-corrected chi connectivity index (χ3v) is 10.4. The second-order valence-electron chi connectivity index (χ2n) is 11.5. The highest BCUT2D eigenvalue weighted by Crippen LogP contribution is 2.68. The number of carbonyl (C=O) groups excluding carboxylic acids is 1.